The molecule has 3 aliphatic rings. The van der Waals surface area contributed by atoms with E-state index in [1.54, 1.807) is 20.9 Å². The first kappa shape index (κ1) is 25.7. The second-order valence-corrected chi connectivity index (χ2v) is 9.33. The van der Waals surface area contributed by atoms with E-state index in [4.69, 9.17) is 41.9 Å². The molecular formula is C20H39N5O7. The van der Waals surface area contributed by atoms with E-state index in [0.29, 0.717) is 18.6 Å². The summed E-state index contributed by atoms with van der Waals surface area (Å²) in [4.78, 5) is 0. The topological polar surface area (TPSA) is 214 Å². The zero-order chi connectivity index (χ0) is 23.8. The lowest BCUT2D eigenvalue weighted by Crippen LogP contribution is -2.68. The molecular weight excluding hydrogens is 422 g/mol. The van der Waals surface area contributed by atoms with E-state index in [1.807, 2.05) is 6.08 Å². The Morgan fingerprint density at radius 3 is 2.25 bits per heavy atom. The Balaban J connectivity index is 1.70. The van der Waals surface area contributed by atoms with Gasteiger partial charge < -0.3 is 62.5 Å². The molecule has 0 spiro atoms. The molecule has 12 atom stereocenters. The zero-order valence-corrected chi connectivity index (χ0v) is 18.8. The summed E-state index contributed by atoms with van der Waals surface area (Å²) < 4.78 is 23.2. The quantitative estimate of drug-likeness (QED) is 0.194. The van der Waals surface area contributed by atoms with Gasteiger partial charge in [0.25, 0.3) is 0 Å². The highest BCUT2D eigenvalue weighted by Gasteiger charge is 2.50. The third kappa shape index (κ3) is 5.26. The highest BCUT2D eigenvalue weighted by Crippen LogP contribution is 2.31. The van der Waals surface area contributed by atoms with Crippen molar-refractivity contribution in [1.82, 2.24) is 5.32 Å². The van der Waals surface area contributed by atoms with Crippen LogP contribution < -0.4 is 28.3 Å². The lowest BCUT2D eigenvalue weighted by Gasteiger charge is -2.48. The summed E-state index contributed by atoms with van der Waals surface area (Å²) in [6.45, 7) is 3.26. The van der Waals surface area contributed by atoms with E-state index in [0.717, 1.165) is 0 Å². The first-order chi connectivity index (χ1) is 15.0. The minimum Gasteiger partial charge on any atom is -0.466 e. The van der Waals surface area contributed by atoms with Gasteiger partial charge in [-0.25, -0.2) is 0 Å². The predicted molar refractivity (Wildman–Crippen MR) is 115 cm³/mol. The Hall–Kier alpha value is -0.900. The van der Waals surface area contributed by atoms with Crippen LogP contribution in [-0.4, -0.2) is 102 Å². The molecule has 1 saturated heterocycles. The van der Waals surface area contributed by atoms with Gasteiger partial charge in [-0.1, -0.05) is 0 Å². The molecule has 0 radical (unpaired) electrons. The van der Waals surface area contributed by atoms with Crippen LogP contribution in [-0.2, 0) is 18.9 Å². The Kier molecular flexibility index (Phi) is 8.16. The Morgan fingerprint density at radius 2 is 1.69 bits per heavy atom. The minimum absolute atomic E-state index is 0.0745. The molecule has 3 rings (SSSR count). The SMILES string of the molecule is CN[C@@H]1[C@@H](O)[C@@H](O[C@@H]2[C@H](O)[C@H](O[C@H]3OC([C@H](C)N)=CC[C@H]3N)[C@@H](N)C[C@H]2N)OC[C@]1(C)O. The number of ether oxygens (including phenoxy) is 4. The first-order valence-electron chi connectivity index (χ1n) is 11.0. The van der Waals surface area contributed by atoms with Crippen LogP contribution in [0.5, 0.6) is 0 Å². The normalized spacial score (nSPS) is 48.6. The summed E-state index contributed by atoms with van der Waals surface area (Å²) >= 11 is 0. The van der Waals surface area contributed by atoms with Crippen LogP contribution in [0.4, 0.5) is 0 Å². The molecule has 12 N–H and O–H groups in total. The van der Waals surface area contributed by atoms with Gasteiger partial charge in [-0.3, -0.25) is 0 Å². The molecule has 0 aromatic rings. The van der Waals surface area contributed by atoms with Gasteiger partial charge in [0.2, 0.25) is 6.29 Å². The Labute approximate surface area is 188 Å². The van der Waals surface area contributed by atoms with Crippen LogP contribution in [0.3, 0.4) is 0 Å². The summed E-state index contributed by atoms with van der Waals surface area (Å²) in [7, 11) is 1.62. The van der Waals surface area contributed by atoms with E-state index in [9.17, 15) is 15.3 Å². The Bertz CT molecular complexity index is 666. The smallest absolute Gasteiger partial charge is 0.215 e. The summed E-state index contributed by atoms with van der Waals surface area (Å²) in [5.74, 6) is 0.559. The van der Waals surface area contributed by atoms with Gasteiger partial charge >= 0.3 is 0 Å². The van der Waals surface area contributed by atoms with Gasteiger partial charge in [-0.15, -0.1) is 0 Å². The molecule has 186 valence electrons. The highest BCUT2D eigenvalue weighted by molar-refractivity contribution is 5.07. The number of aliphatic hydroxyl groups is 3. The summed E-state index contributed by atoms with van der Waals surface area (Å²) in [6.07, 6.45) is -3.60. The second-order valence-electron chi connectivity index (χ2n) is 9.33. The van der Waals surface area contributed by atoms with Crippen molar-refractivity contribution in [2.24, 2.45) is 22.9 Å². The van der Waals surface area contributed by atoms with E-state index in [2.05, 4.69) is 5.32 Å². The number of nitrogens with one attached hydrogen (secondary N) is 1. The van der Waals surface area contributed by atoms with E-state index < -0.39 is 66.8 Å². The minimum atomic E-state index is -1.30. The first-order valence-corrected chi connectivity index (χ1v) is 11.0. The average molecular weight is 462 g/mol. The van der Waals surface area contributed by atoms with E-state index >= 15 is 0 Å². The number of nitrogens with two attached hydrogens (primary N) is 4. The van der Waals surface area contributed by atoms with Crippen molar-refractivity contribution in [3.05, 3.63) is 11.8 Å². The van der Waals surface area contributed by atoms with Crippen molar-refractivity contribution in [1.29, 1.82) is 0 Å². The molecule has 0 unspecified atom stereocenters. The highest BCUT2D eigenvalue weighted by atomic mass is 16.7. The number of hydrogen-bond donors (Lipinski definition) is 8. The van der Waals surface area contributed by atoms with E-state index in [-0.39, 0.29) is 12.6 Å². The van der Waals surface area contributed by atoms with Crippen molar-refractivity contribution in [3.63, 3.8) is 0 Å². The maximum atomic E-state index is 11.1. The van der Waals surface area contributed by atoms with Crippen LogP contribution in [0.2, 0.25) is 0 Å². The average Bonchev–Trinajstić information content (AvgIpc) is 2.71. The molecule has 12 heteroatoms. The maximum Gasteiger partial charge on any atom is 0.215 e. The third-order valence-corrected chi connectivity index (χ3v) is 6.43. The van der Waals surface area contributed by atoms with Gasteiger partial charge in [0.15, 0.2) is 6.29 Å². The molecule has 2 aliphatic heterocycles. The molecule has 12 nitrogen and oxygen atoms in total. The standard InChI is InChI=1S/C20H39N5O7/c1-8(21)12-5-4-9(22)18(30-12)31-15-10(23)6-11(24)16(13(15)26)32-19-14(27)17(25-3)20(2,28)7-29-19/h5,8-11,13-19,25-28H,4,6-7,21-24H2,1-3H3/t8-,9+,10-,11+,13+,14+,15+,16-,17+,18+,19+,20-/m0/s1. The van der Waals surface area contributed by atoms with Crippen LogP contribution in [0.1, 0.15) is 26.7 Å². The summed E-state index contributed by atoms with van der Waals surface area (Å²) in [5.41, 5.74) is 23.2. The van der Waals surface area contributed by atoms with Crippen LogP contribution >= 0.6 is 0 Å². The fourth-order valence-electron chi connectivity index (χ4n) is 4.57. The summed E-state index contributed by atoms with van der Waals surface area (Å²) in [6, 6.07) is -2.72. The van der Waals surface area contributed by atoms with Crippen LogP contribution in [0.25, 0.3) is 0 Å². The molecule has 32 heavy (non-hydrogen) atoms. The molecule has 0 amide bonds. The molecule has 0 aromatic carbocycles. The molecule has 0 bridgehead atoms. The van der Waals surface area contributed by atoms with Crippen molar-refractivity contribution >= 4 is 0 Å². The zero-order valence-electron chi connectivity index (χ0n) is 18.8. The molecule has 2 fully saturated rings. The number of hydrogen-bond acceptors (Lipinski definition) is 12. The number of aliphatic hydroxyl groups excluding tert-OH is 2. The Morgan fingerprint density at radius 1 is 1.09 bits per heavy atom. The maximum absolute atomic E-state index is 11.1. The van der Waals surface area contributed by atoms with Crippen molar-refractivity contribution in [2.45, 2.75) is 99.5 Å². The van der Waals surface area contributed by atoms with Crippen molar-refractivity contribution in [2.75, 3.05) is 13.7 Å². The predicted octanol–water partition coefficient (Wildman–Crippen LogP) is -3.46. The van der Waals surface area contributed by atoms with Gasteiger partial charge in [-0.05, 0) is 39.8 Å². The van der Waals surface area contributed by atoms with E-state index in [1.165, 1.54) is 0 Å². The van der Waals surface area contributed by atoms with Crippen molar-refractivity contribution in [3.8, 4) is 0 Å². The van der Waals surface area contributed by atoms with Crippen LogP contribution in [0, 0.1) is 0 Å². The lowest BCUT2D eigenvalue weighted by atomic mass is 9.84. The summed E-state index contributed by atoms with van der Waals surface area (Å²) in [5, 5.41) is 35.0. The van der Waals surface area contributed by atoms with Gasteiger partial charge in [-0.2, -0.15) is 0 Å². The number of likely N-dealkylation sites (N-methyl/N-ethyl adjacent to an activating group) is 1. The van der Waals surface area contributed by atoms with Crippen LogP contribution in [0.15, 0.2) is 11.8 Å². The third-order valence-electron chi connectivity index (χ3n) is 6.43. The van der Waals surface area contributed by atoms with Crippen molar-refractivity contribution < 1.29 is 34.3 Å². The molecule has 1 aliphatic carbocycles. The largest absolute Gasteiger partial charge is 0.466 e. The molecule has 2 heterocycles. The van der Waals surface area contributed by atoms with Gasteiger partial charge in [0.1, 0.15) is 35.8 Å². The molecule has 1 saturated carbocycles. The fraction of sp³-hybridized carbons (Fsp3) is 0.900. The molecule has 0 aromatic heterocycles. The number of rotatable bonds is 6. The second kappa shape index (κ2) is 10.2. The lowest BCUT2D eigenvalue weighted by molar-refractivity contribution is -0.303. The van der Waals surface area contributed by atoms with Gasteiger partial charge in [0, 0.05) is 12.1 Å². The monoisotopic (exact) mass is 461 g/mol. The van der Waals surface area contributed by atoms with Gasteiger partial charge in [0.05, 0.1) is 24.7 Å². The fourth-order valence-corrected chi connectivity index (χ4v) is 4.57.